The van der Waals surface area contributed by atoms with Gasteiger partial charge in [0.1, 0.15) is 11.5 Å². The number of alkyl halides is 6. The molecule has 0 amide bonds. The first-order valence-corrected chi connectivity index (χ1v) is 9.06. The van der Waals surface area contributed by atoms with Gasteiger partial charge >= 0.3 is 18.3 Å². The summed E-state index contributed by atoms with van der Waals surface area (Å²) in [6.07, 6.45) is -12.8. The van der Waals surface area contributed by atoms with Crippen molar-refractivity contribution in [3.05, 3.63) is 57.6 Å². The summed E-state index contributed by atoms with van der Waals surface area (Å²) in [6.45, 7) is 0. The zero-order valence-corrected chi connectivity index (χ0v) is 16.3. The third-order valence-electron chi connectivity index (χ3n) is 5.60. The number of ketones is 2. The van der Waals surface area contributed by atoms with Crippen LogP contribution < -0.4 is 4.74 Å². The Bertz CT molecular complexity index is 1240. The van der Waals surface area contributed by atoms with Gasteiger partial charge in [-0.3, -0.25) is 14.4 Å². The van der Waals surface area contributed by atoms with E-state index < -0.39 is 81.0 Å². The minimum atomic E-state index is -6.05. The van der Waals surface area contributed by atoms with Gasteiger partial charge in [-0.15, -0.1) is 0 Å². The Morgan fingerprint density at radius 1 is 0.939 bits per heavy atom. The summed E-state index contributed by atoms with van der Waals surface area (Å²) in [4.78, 5) is 47.4. The van der Waals surface area contributed by atoms with Gasteiger partial charge in [0.25, 0.3) is 0 Å². The van der Waals surface area contributed by atoms with Gasteiger partial charge in [0.05, 0.1) is 19.1 Å². The fourth-order valence-electron chi connectivity index (χ4n) is 4.15. The highest BCUT2D eigenvalue weighted by Gasteiger charge is 2.75. The molecule has 0 spiro atoms. The monoisotopic (exact) mass is 472 g/mol. The molecule has 2 aliphatic rings. The summed E-state index contributed by atoms with van der Waals surface area (Å²) < 4.78 is 96.4. The molecule has 0 saturated heterocycles. The van der Waals surface area contributed by atoms with Crippen LogP contribution >= 0.6 is 0 Å². The maximum absolute atomic E-state index is 14.5. The summed E-state index contributed by atoms with van der Waals surface area (Å²) in [6, 6.07) is 1.81. The van der Waals surface area contributed by atoms with E-state index in [4.69, 9.17) is 4.74 Å². The van der Waals surface area contributed by atoms with E-state index in [1.54, 1.807) is 0 Å². The molecule has 0 radical (unpaired) electrons. The Balaban J connectivity index is 2.18. The van der Waals surface area contributed by atoms with Gasteiger partial charge in [-0.2, -0.15) is 26.3 Å². The van der Waals surface area contributed by atoms with Gasteiger partial charge in [0, 0.05) is 27.8 Å². The summed E-state index contributed by atoms with van der Waals surface area (Å²) >= 11 is 0. The second-order valence-corrected chi connectivity index (χ2v) is 7.31. The lowest BCUT2D eigenvalue weighted by molar-refractivity contribution is -0.290. The van der Waals surface area contributed by atoms with Crippen molar-refractivity contribution >= 4 is 23.8 Å². The number of Topliss-reactive ketones (excluding diaryl/α,β-unsaturated/α-hetero) is 2. The maximum atomic E-state index is 14.5. The maximum Gasteiger partial charge on any atom is 0.411 e. The number of ether oxygens (including phenoxy) is 2. The molecule has 1 heterocycles. The van der Waals surface area contributed by atoms with Gasteiger partial charge < -0.3 is 9.47 Å². The van der Waals surface area contributed by atoms with Gasteiger partial charge in [0.15, 0.2) is 17.9 Å². The number of fused-ring (bicyclic) bond motifs is 3. The van der Waals surface area contributed by atoms with Crippen LogP contribution in [0.15, 0.2) is 24.3 Å². The number of esters is 1. The van der Waals surface area contributed by atoms with Crippen LogP contribution in [-0.2, 0) is 10.2 Å². The molecule has 6 nitrogen and oxygen atoms in total. The smallest absolute Gasteiger partial charge is 0.411 e. The lowest BCUT2D eigenvalue weighted by atomic mass is 9.69. The normalized spacial score (nSPS) is 16.5. The Hall–Kier alpha value is -3.70. The van der Waals surface area contributed by atoms with E-state index in [0.29, 0.717) is 18.2 Å². The average Bonchev–Trinajstić information content (AvgIpc) is 2.99. The van der Waals surface area contributed by atoms with E-state index in [9.17, 15) is 45.5 Å². The lowest BCUT2D eigenvalue weighted by Gasteiger charge is -2.42. The molecule has 0 fully saturated rings. The number of benzene rings is 2. The van der Waals surface area contributed by atoms with Gasteiger partial charge in [-0.1, -0.05) is 0 Å². The number of hydrogen-bond acceptors (Lipinski definition) is 6. The molecular formula is C21H10F6O6. The highest BCUT2D eigenvalue weighted by atomic mass is 19.4. The fraction of sp³-hybridized carbons (Fsp3) is 0.238. The molecule has 0 saturated carbocycles. The Labute approximate surface area is 180 Å². The van der Waals surface area contributed by atoms with Crippen LogP contribution in [0.2, 0.25) is 0 Å². The minimum Gasteiger partial charge on any atom is -0.465 e. The van der Waals surface area contributed by atoms with Crippen molar-refractivity contribution in [1.82, 2.24) is 0 Å². The third kappa shape index (κ3) is 2.89. The van der Waals surface area contributed by atoms with Crippen molar-refractivity contribution in [3.63, 3.8) is 0 Å². The van der Waals surface area contributed by atoms with Crippen LogP contribution in [-0.4, -0.2) is 43.3 Å². The minimum absolute atomic E-state index is 0.0408. The van der Waals surface area contributed by atoms with Gasteiger partial charge in [-0.05, 0) is 24.3 Å². The van der Waals surface area contributed by atoms with Crippen LogP contribution in [0.5, 0.6) is 11.5 Å². The van der Waals surface area contributed by atoms with Gasteiger partial charge in [-0.25, -0.2) is 4.79 Å². The van der Waals surface area contributed by atoms with E-state index in [1.165, 1.54) is 0 Å². The molecule has 0 unspecified atom stereocenters. The molecule has 1 aliphatic carbocycles. The topological polar surface area (TPSA) is 86.7 Å². The van der Waals surface area contributed by atoms with E-state index in [2.05, 4.69) is 4.74 Å². The van der Waals surface area contributed by atoms with E-state index in [-0.39, 0.29) is 17.9 Å². The zero-order valence-electron chi connectivity index (χ0n) is 16.3. The van der Waals surface area contributed by atoms with Crippen LogP contribution in [0.4, 0.5) is 26.3 Å². The number of aldehydes is 1. The van der Waals surface area contributed by atoms with Crippen molar-refractivity contribution in [1.29, 1.82) is 0 Å². The molecule has 2 aromatic carbocycles. The SMILES string of the molecule is COC(=O)c1cc2c(cc1C=O)Oc1cc3c(cc1C2(C(F)(F)F)C(F)(F)F)C(=O)CC3=O. The number of methoxy groups -OCH3 is 1. The van der Waals surface area contributed by atoms with Crippen LogP contribution in [0.1, 0.15) is 59.0 Å². The second kappa shape index (κ2) is 6.90. The standard InChI is InChI=1S/C21H10F6O6/c1-32-18(31)9-3-12-16(2-8(9)7-28)33-17-5-11-10(14(29)6-15(11)30)4-13(17)19(12,20(22,23)24)21(25,26)27/h2-5,7H,6H2,1H3. The molecule has 0 bridgehead atoms. The highest BCUT2D eigenvalue weighted by Crippen LogP contribution is 2.63. The number of rotatable bonds is 2. The number of carbonyl (C=O) groups is 4. The fourth-order valence-corrected chi connectivity index (χ4v) is 4.15. The second-order valence-electron chi connectivity index (χ2n) is 7.31. The number of hydrogen-bond donors (Lipinski definition) is 0. The quantitative estimate of drug-likeness (QED) is 0.276. The van der Waals surface area contributed by atoms with E-state index in [0.717, 1.165) is 7.11 Å². The molecule has 4 rings (SSSR count). The first-order chi connectivity index (χ1) is 15.3. The third-order valence-corrected chi connectivity index (χ3v) is 5.60. The summed E-state index contributed by atoms with van der Waals surface area (Å²) in [5, 5.41) is 0. The highest BCUT2D eigenvalue weighted by molar-refractivity contribution is 6.24. The summed E-state index contributed by atoms with van der Waals surface area (Å²) in [5.74, 6) is -5.02. The Kier molecular flexibility index (Phi) is 4.70. The van der Waals surface area contributed by atoms with Crippen LogP contribution in [0.3, 0.4) is 0 Å². The number of halogens is 6. The van der Waals surface area contributed by atoms with Crippen molar-refractivity contribution in [2.24, 2.45) is 0 Å². The zero-order chi connectivity index (χ0) is 24.5. The van der Waals surface area contributed by atoms with Gasteiger partial charge in [0.2, 0.25) is 5.41 Å². The van der Waals surface area contributed by atoms with E-state index in [1.807, 2.05) is 0 Å². The van der Waals surface area contributed by atoms with Crippen LogP contribution in [0, 0.1) is 0 Å². The molecule has 0 atom stereocenters. The van der Waals surface area contributed by atoms with Crippen LogP contribution in [0.25, 0.3) is 0 Å². The van der Waals surface area contributed by atoms with Crippen molar-refractivity contribution < 1.29 is 55.0 Å². The van der Waals surface area contributed by atoms with Crippen molar-refractivity contribution in [2.45, 2.75) is 24.2 Å². The molecule has 0 aromatic heterocycles. The van der Waals surface area contributed by atoms with Crippen molar-refractivity contribution in [3.8, 4) is 11.5 Å². The summed E-state index contributed by atoms with van der Waals surface area (Å²) in [5.41, 5.74) is -10.1. The molecule has 33 heavy (non-hydrogen) atoms. The molecule has 2 aromatic rings. The Morgan fingerprint density at radius 2 is 1.45 bits per heavy atom. The molecule has 0 N–H and O–H groups in total. The molecular weight excluding hydrogens is 462 g/mol. The molecule has 12 heteroatoms. The first-order valence-electron chi connectivity index (χ1n) is 9.06. The largest absolute Gasteiger partial charge is 0.465 e. The molecule has 1 aliphatic heterocycles. The summed E-state index contributed by atoms with van der Waals surface area (Å²) in [7, 11) is 0.828. The number of carbonyl (C=O) groups excluding carboxylic acids is 4. The predicted octanol–water partition coefficient (Wildman–Crippen LogP) is 4.57. The van der Waals surface area contributed by atoms with E-state index >= 15 is 0 Å². The lowest BCUT2D eigenvalue weighted by Crippen LogP contribution is -2.56. The average molecular weight is 472 g/mol. The van der Waals surface area contributed by atoms with Crippen molar-refractivity contribution in [2.75, 3.05) is 7.11 Å². The predicted molar refractivity (Wildman–Crippen MR) is 95.9 cm³/mol. The molecule has 172 valence electrons. The Morgan fingerprint density at radius 3 is 1.97 bits per heavy atom. The first kappa shape index (κ1) is 22.5.